The van der Waals surface area contributed by atoms with E-state index in [0.29, 0.717) is 10.9 Å². The molecule has 194 valence electrons. The van der Waals surface area contributed by atoms with E-state index in [0.717, 1.165) is 16.7 Å². The van der Waals surface area contributed by atoms with E-state index < -0.39 is 17.1 Å². The minimum atomic E-state index is -0.956. The number of nitrogen functional groups attached to an aromatic ring is 1. The fourth-order valence-electron chi connectivity index (χ4n) is 4.56. The van der Waals surface area contributed by atoms with E-state index in [1.54, 1.807) is 37.5 Å². The number of amides is 2. The third-order valence-corrected chi connectivity index (χ3v) is 6.61. The molecule has 0 aliphatic carbocycles. The smallest absolute Gasteiger partial charge is 0.265 e. The van der Waals surface area contributed by atoms with Gasteiger partial charge in [-0.1, -0.05) is 29.8 Å². The number of nitrogens with zero attached hydrogens (tertiary/aromatic N) is 4. The number of likely N-dealkylation sites (tertiary alicyclic amines) is 1. The van der Waals surface area contributed by atoms with E-state index in [2.05, 4.69) is 15.3 Å². The summed E-state index contributed by atoms with van der Waals surface area (Å²) in [7, 11) is 0. The van der Waals surface area contributed by atoms with Crippen LogP contribution in [0.2, 0.25) is 0 Å². The molecular formula is C28H28N6O4. The van der Waals surface area contributed by atoms with Gasteiger partial charge in [0.05, 0.1) is 18.7 Å². The molecule has 1 aliphatic heterocycles. The Morgan fingerprint density at radius 3 is 2.45 bits per heavy atom. The van der Waals surface area contributed by atoms with E-state index in [1.807, 2.05) is 31.2 Å². The van der Waals surface area contributed by atoms with E-state index in [-0.39, 0.29) is 49.1 Å². The number of carbonyl (C=O) groups excluding carboxylic acids is 2. The Kier molecular flexibility index (Phi) is 6.41. The number of pyridine rings is 3. The van der Waals surface area contributed by atoms with E-state index >= 15 is 0 Å². The van der Waals surface area contributed by atoms with Crippen LogP contribution in [-0.2, 0) is 17.9 Å². The molecule has 10 nitrogen and oxygen atoms in total. The van der Waals surface area contributed by atoms with Crippen LogP contribution in [0.5, 0.6) is 0 Å². The van der Waals surface area contributed by atoms with Crippen molar-refractivity contribution in [2.24, 2.45) is 0 Å². The lowest BCUT2D eigenvalue weighted by atomic mass is 9.97. The molecule has 38 heavy (non-hydrogen) atoms. The third kappa shape index (κ3) is 4.98. The molecule has 5 rings (SSSR count). The summed E-state index contributed by atoms with van der Waals surface area (Å²) in [4.78, 5) is 49.6. The summed E-state index contributed by atoms with van der Waals surface area (Å²) in [6.45, 7) is 3.84. The Labute approximate surface area is 218 Å². The summed E-state index contributed by atoms with van der Waals surface area (Å²) in [5.74, 6) is -0.753. The summed E-state index contributed by atoms with van der Waals surface area (Å²) in [6.07, 6.45) is 3.26. The molecule has 0 unspecified atom stereocenters. The number of nitrogens with two attached hydrogens (primary N) is 1. The molecule has 4 aromatic rings. The number of aryl methyl sites for hydroxylation is 1. The van der Waals surface area contributed by atoms with Crippen molar-refractivity contribution in [1.82, 2.24) is 24.8 Å². The first kappa shape index (κ1) is 25.1. The number of hydrogen-bond acceptors (Lipinski definition) is 7. The first-order chi connectivity index (χ1) is 18.1. The number of aliphatic hydroxyl groups is 1. The minimum absolute atomic E-state index is 0.111. The number of fused-ring (bicyclic) bond motifs is 1. The van der Waals surface area contributed by atoms with Gasteiger partial charge in [0.15, 0.2) is 0 Å². The van der Waals surface area contributed by atoms with Crippen molar-refractivity contribution >= 4 is 28.7 Å². The average molecular weight is 513 g/mol. The maximum Gasteiger partial charge on any atom is 0.265 e. The predicted octanol–water partition coefficient (Wildman–Crippen LogP) is 1.87. The van der Waals surface area contributed by atoms with Crippen molar-refractivity contribution < 1.29 is 14.7 Å². The standard InChI is InChI=1S/C28H28N6O4/c1-17-3-5-18(6-4-17)13-31-26(36)22-12-20-11-21(19-7-9-30-10-8-19)24(29)32-25(20)34(27(22)37)14-23(35)33-15-28(2,38)16-33/h3-12,38H,13-16H2,1-2H3,(H2,29,32)(H,31,36). The second-order valence-corrected chi connectivity index (χ2v) is 9.93. The van der Waals surface area contributed by atoms with Crippen LogP contribution in [0.15, 0.2) is 65.7 Å². The van der Waals surface area contributed by atoms with Gasteiger partial charge in [0.1, 0.15) is 23.6 Å². The maximum absolute atomic E-state index is 13.5. The number of nitrogens with one attached hydrogen (secondary N) is 1. The lowest BCUT2D eigenvalue weighted by Gasteiger charge is -2.44. The summed E-state index contributed by atoms with van der Waals surface area (Å²) in [5.41, 5.74) is 8.12. The van der Waals surface area contributed by atoms with Crippen molar-refractivity contribution in [1.29, 1.82) is 0 Å². The molecule has 1 aliphatic rings. The molecule has 10 heteroatoms. The van der Waals surface area contributed by atoms with Crippen LogP contribution in [0.4, 0.5) is 5.82 Å². The third-order valence-electron chi connectivity index (χ3n) is 6.61. The fourth-order valence-corrected chi connectivity index (χ4v) is 4.56. The molecule has 0 spiro atoms. The summed E-state index contributed by atoms with van der Waals surface area (Å²) in [5, 5.41) is 13.3. The average Bonchev–Trinajstić information content (AvgIpc) is 2.88. The van der Waals surface area contributed by atoms with Gasteiger partial charge in [-0.15, -0.1) is 0 Å². The Morgan fingerprint density at radius 1 is 1.11 bits per heavy atom. The van der Waals surface area contributed by atoms with Crippen LogP contribution in [-0.4, -0.2) is 55.0 Å². The highest BCUT2D eigenvalue weighted by molar-refractivity contribution is 5.98. The Hall–Kier alpha value is -4.57. The van der Waals surface area contributed by atoms with Gasteiger partial charge in [-0.25, -0.2) is 4.98 Å². The van der Waals surface area contributed by atoms with Crippen LogP contribution >= 0.6 is 0 Å². The first-order valence-corrected chi connectivity index (χ1v) is 12.2. The highest BCUT2D eigenvalue weighted by atomic mass is 16.3. The zero-order valence-corrected chi connectivity index (χ0v) is 21.1. The highest BCUT2D eigenvalue weighted by Gasteiger charge is 2.39. The molecule has 4 heterocycles. The molecule has 1 fully saturated rings. The number of benzene rings is 1. The molecule has 0 bridgehead atoms. The summed E-state index contributed by atoms with van der Waals surface area (Å²) < 4.78 is 1.18. The van der Waals surface area contributed by atoms with Gasteiger partial charge in [-0.2, -0.15) is 0 Å². The topological polar surface area (TPSA) is 143 Å². The summed E-state index contributed by atoms with van der Waals surface area (Å²) in [6, 6.07) is 14.5. The van der Waals surface area contributed by atoms with Crippen LogP contribution in [0.1, 0.15) is 28.4 Å². The molecule has 0 saturated carbocycles. The van der Waals surface area contributed by atoms with Gasteiger partial charge in [0.2, 0.25) is 5.91 Å². The van der Waals surface area contributed by atoms with Gasteiger partial charge in [-0.05, 0) is 49.2 Å². The Morgan fingerprint density at radius 2 is 1.79 bits per heavy atom. The van der Waals surface area contributed by atoms with Crippen LogP contribution < -0.4 is 16.6 Å². The Bertz CT molecular complexity index is 1590. The largest absolute Gasteiger partial charge is 0.386 e. The quantitative estimate of drug-likeness (QED) is 0.358. The van der Waals surface area contributed by atoms with Crippen molar-refractivity contribution in [3.8, 4) is 11.1 Å². The van der Waals surface area contributed by atoms with E-state index in [4.69, 9.17) is 5.73 Å². The lowest BCUT2D eigenvalue weighted by molar-refractivity contribution is -0.152. The molecule has 4 N–H and O–H groups in total. The second kappa shape index (κ2) is 9.71. The van der Waals surface area contributed by atoms with Crippen molar-refractivity contribution in [3.63, 3.8) is 0 Å². The number of β-amino-alcohol motifs (C(OH)–C–C–N with tert-alkyl or cyclic N) is 1. The van der Waals surface area contributed by atoms with E-state index in [1.165, 1.54) is 15.5 Å². The maximum atomic E-state index is 13.5. The molecule has 3 aromatic heterocycles. The molecule has 1 saturated heterocycles. The normalized spacial score (nSPS) is 14.2. The second-order valence-electron chi connectivity index (χ2n) is 9.93. The van der Waals surface area contributed by atoms with Gasteiger partial charge < -0.3 is 21.1 Å². The van der Waals surface area contributed by atoms with Crippen molar-refractivity contribution in [3.05, 3.63) is 88.0 Å². The molecule has 2 amide bonds. The number of rotatable bonds is 6. The van der Waals surface area contributed by atoms with Crippen LogP contribution in [0, 0.1) is 6.92 Å². The number of aromatic nitrogens is 3. The molecular weight excluding hydrogens is 484 g/mol. The monoisotopic (exact) mass is 512 g/mol. The minimum Gasteiger partial charge on any atom is -0.386 e. The zero-order valence-electron chi connectivity index (χ0n) is 21.1. The Balaban J connectivity index is 1.55. The fraction of sp³-hybridized carbons (Fsp3) is 0.250. The van der Waals surface area contributed by atoms with Gasteiger partial charge in [0.25, 0.3) is 11.5 Å². The first-order valence-electron chi connectivity index (χ1n) is 12.2. The van der Waals surface area contributed by atoms with Gasteiger partial charge in [0, 0.05) is 29.9 Å². The molecule has 0 radical (unpaired) electrons. The molecule has 0 atom stereocenters. The van der Waals surface area contributed by atoms with Crippen LogP contribution in [0.25, 0.3) is 22.2 Å². The lowest BCUT2D eigenvalue weighted by Crippen LogP contribution is -2.62. The van der Waals surface area contributed by atoms with Crippen LogP contribution in [0.3, 0.4) is 0 Å². The van der Waals surface area contributed by atoms with Gasteiger partial charge in [-0.3, -0.25) is 23.9 Å². The number of carbonyl (C=O) groups is 2. The summed E-state index contributed by atoms with van der Waals surface area (Å²) >= 11 is 0. The number of anilines is 1. The van der Waals surface area contributed by atoms with Crippen molar-refractivity contribution in [2.45, 2.75) is 32.5 Å². The predicted molar refractivity (Wildman–Crippen MR) is 143 cm³/mol. The highest BCUT2D eigenvalue weighted by Crippen LogP contribution is 2.28. The van der Waals surface area contributed by atoms with E-state index in [9.17, 15) is 19.5 Å². The SMILES string of the molecule is Cc1ccc(CNC(=O)c2cc3cc(-c4ccncc4)c(N)nc3n(CC(=O)N3CC(C)(O)C3)c2=O)cc1. The zero-order chi connectivity index (χ0) is 27.0. The number of hydrogen-bond donors (Lipinski definition) is 3. The van der Waals surface area contributed by atoms with Gasteiger partial charge >= 0.3 is 0 Å². The van der Waals surface area contributed by atoms with Crippen molar-refractivity contribution in [2.75, 3.05) is 18.8 Å². The molecule has 1 aromatic carbocycles.